The maximum atomic E-state index is 14.5. The second kappa shape index (κ2) is 9.17. The molecule has 1 aliphatic heterocycles. The van der Waals surface area contributed by atoms with Crippen LogP contribution in [0.3, 0.4) is 0 Å². The summed E-state index contributed by atoms with van der Waals surface area (Å²) in [6.07, 6.45) is 3.73. The molecule has 0 saturated carbocycles. The van der Waals surface area contributed by atoms with E-state index in [1.807, 2.05) is 11.9 Å². The van der Waals surface area contributed by atoms with Gasteiger partial charge in [0, 0.05) is 44.6 Å². The van der Waals surface area contributed by atoms with E-state index in [-0.39, 0.29) is 11.6 Å². The summed E-state index contributed by atoms with van der Waals surface area (Å²) in [6.45, 7) is 1.92. The van der Waals surface area contributed by atoms with Crippen molar-refractivity contribution in [2.24, 2.45) is 0 Å². The van der Waals surface area contributed by atoms with Crippen LogP contribution in [0.4, 0.5) is 20.5 Å². The first-order valence-corrected chi connectivity index (χ1v) is 10.6. The molecule has 0 bridgehead atoms. The molecule has 0 amide bonds. The Hall–Kier alpha value is -2.40. The third-order valence-electron chi connectivity index (χ3n) is 5.02. The minimum Gasteiger partial charge on any atom is -0.378 e. The maximum absolute atomic E-state index is 14.5. The Bertz CT molecular complexity index is 1030. The molecule has 2 aromatic heterocycles. The van der Waals surface area contributed by atoms with Crippen LogP contribution < -0.4 is 10.2 Å². The molecule has 30 heavy (non-hydrogen) atoms. The van der Waals surface area contributed by atoms with E-state index in [0.29, 0.717) is 47.2 Å². The van der Waals surface area contributed by atoms with E-state index >= 15 is 0 Å². The summed E-state index contributed by atoms with van der Waals surface area (Å²) in [4.78, 5) is 14.9. The van der Waals surface area contributed by atoms with E-state index in [0.717, 1.165) is 31.9 Å². The Morgan fingerprint density at radius 1 is 1.30 bits per heavy atom. The molecular formula is C19H22BrF2N7O. The molecule has 0 radical (unpaired) electrons. The fraction of sp³-hybridized carbons (Fsp3) is 0.474. The molecule has 11 heteroatoms. The number of nitrogens with one attached hydrogen (secondary N) is 2. The van der Waals surface area contributed by atoms with Crippen molar-refractivity contribution in [3.63, 3.8) is 0 Å². The number of ether oxygens (including phenoxy) is 1. The molecule has 3 aromatic rings. The number of nitrogens with zero attached hydrogens (tertiary/aromatic N) is 5. The molecule has 160 valence electrons. The molecule has 0 aliphatic carbocycles. The normalized spacial score (nSPS) is 16.3. The van der Waals surface area contributed by atoms with Crippen LogP contribution in [0.1, 0.15) is 25.1 Å². The minimum atomic E-state index is -0.719. The smallest absolute Gasteiger partial charge is 0.227 e. The van der Waals surface area contributed by atoms with Crippen LogP contribution in [0, 0.1) is 11.6 Å². The van der Waals surface area contributed by atoms with Gasteiger partial charge in [-0.25, -0.2) is 18.7 Å². The van der Waals surface area contributed by atoms with E-state index < -0.39 is 11.6 Å². The first-order chi connectivity index (χ1) is 14.5. The third kappa shape index (κ3) is 4.84. The van der Waals surface area contributed by atoms with E-state index in [1.165, 1.54) is 6.07 Å². The fourth-order valence-corrected chi connectivity index (χ4v) is 3.75. The standard InChI is InChI=1S/C19H22BrF2N7O/c1-29(7-5-12-3-2-8-30-12)19-25-16-13(9-11(21)10-14(16)22)17(26-19)23-6-4-15-24-18(20)28-27-15/h9-10,12H,2-8H2,1H3,(H,23,25,26)(H,24,27,28). The van der Waals surface area contributed by atoms with Crippen LogP contribution in [0.15, 0.2) is 16.9 Å². The predicted molar refractivity (Wildman–Crippen MR) is 113 cm³/mol. The topological polar surface area (TPSA) is 91.9 Å². The average molecular weight is 482 g/mol. The molecule has 1 saturated heterocycles. The molecule has 0 spiro atoms. The highest BCUT2D eigenvalue weighted by molar-refractivity contribution is 9.10. The van der Waals surface area contributed by atoms with Gasteiger partial charge >= 0.3 is 0 Å². The highest BCUT2D eigenvalue weighted by Crippen LogP contribution is 2.27. The maximum Gasteiger partial charge on any atom is 0.227 e. The molecule has 1 atom stereocenters. The third-order valence-corrected chi connectivity index (χ3v) is 5.37. The summed E-state index contributed by atoms with van der Waals surface area (Å²) in [5, 5.41) is 10.2. The van der Waals surface area contributed by atoms with Crippen molar-refractivity contribution < 1.29 is 13.5 Å². The van der Waals surface area contributed by atoms with Gasteiger partial charge in [0.1, 0.15) is 23.0 Å². The van der Waals surface area contributed by atoms with Crippen LogP contribution in [0.2, 0.25) is 0 Å². The molecule has 3 heterocycles. The van der Waals surface area contributed by atoms with Crippen LogP contribution in [-0.4, -0.2) is 58.0 Å². The van der Waals surface area contributed by atoms with Crippen molar-refractivity contribution in [1.29, 1.82) is 0 Å². The number of hydrogen-bond donors (Lipinski definition) is 2. The lowest BCUT2D eigenvalue weighted by atomic mass is 10.2. The number of anilines is 2. The van der Waals surface area contributed by atoms with Gasteiger partial charge < -0.3 is 15.0 Å². The first kappa shape index (κ1) is 20.9. The Kier molecular flexibility index (Phi) is 6.38. The summed E-state index contributed by atoms with van der Waals surface area (Å²) >= 11 is 3.19. The zero-order valence-corrected chi connectivity index (χ0v) is 18.0. The summed E-state index contributed by atoms with van der Waals surface area (Å²) in [7, 11) is 1.85. The van der Waals surface area contributed by atoms with Crippen molar-refractivity contribution in [2.45, 2.75) is 31.8 Å². The van der Waals surface area contributed by atoms with E-state index in [9.17, 15) is 8.78 Å². The summed E-state index contributed by atoms with van der Waals surface area (Å²) in [6, 6.07) is 2.07. The summed E-state index contributed by atoms with van der Waals surface area (Å²) in [5.41, 5.74) is 0.0790. The first-order valence-electron chi connectivity index (χ1n) is 9.80. The lowest BCUT2D eigenvalue weighted by Crippen LogP contribution is -2.25. The van der Waals surface area contributed by atoms with Gasteiger partial charge in [0.05, 0.1) is 6.10 Å². The van der Waals surface area contributed by atoms with Crippen LogP contribution in [-0.2, 0) is 11.2 Å². The zero-order valence-electron chi connectivity index (χ0n) is 16.5. The predicted octanol–water partition coefficient (Wildman–Crippen LogP) is 3.45. The minimum absolute atomic E-state index is 0.0790. The van der Waals surface area contributed by atoms with E-state index in [1.54, 1.807) is 0 Å². The van der Waals surface area contributed by atoms with Crippen LogP contribution in [0.5, 0.6) is 0 Å². The number of H-pyrrole nitrogens is 1. The van der Waals surface area contributed by atoms with Crippen molar-refractivity contribution in [3.8, 4) is 0 Å². The van der Waals surface area contributed by atoms with Gasteiger partial charge in [-0.15, -0.1) is 5.10 Å². The average Bonchev–Trinajstić information content (AvgIpc) is 3.38. The van der Waals surface area contributed by atoms with Crippen LogP contribution in [0.25, 0.3) is 10.9 Å². The second-order valence-corrected chi connectivity index (χ2v) is 7.94. The molecule has 8 nitrogen and oxygen atoms in total. The van der Waals surface area contributed by atoms with Crippen molar-refractivity contribution in [2.75, 3.05) is 37.0 Å². The monoisotopic (exact) mass is 481 g/mol. The summed E-state index contributed by atoms with van der Waals surface area (Å²) in [5.74, 6) is 0.0274. The Balaban J connectivity index is 1.55. The molecule has 4 rings (SSSR count). The quantitative estimate of drug-likeness (QED) is 0.508. The number of rotatable bonds is 8. The van der Waals surface area contributed by atoms with Gasteiger partial charge in [-0.2, -0.15) is 4.98 Å². The van der Waals surface area contributed by atoms with Gasteiger partial charge in [0.2, 0.25) is 10.7 Å². The van der Waals surface area contributed by atoms with Gasteiger partial charge in [0.15, 0.2) is 5.82 Å². The second-order valence-electron chi connectivity index (χ2n) is 7.23. The fourth-order valence-electron chi connectivity index (χ4n) is 3.44. The SMILES string of the molecule is CN(CCC1CCCO1)c1nc(NCCc2nc(Br)n[nH]2)c2cc(F)cc(F)c2n1. The summed E-state index contributed by atoms with van der Waals surface area (Å²) < 4.78 is 34.5. The number of halogens is 3. The van der Waals surface area contributed by atoms with Crippen molar-refractivity contribution in [1.82, 2.24) is 25.1 Å². The van der Waals surface area contributed by atoms with Gasteiger partial charge in [-0.3, -0.25) is 5.10 Å². The zero-order chi connectivity index (χ0) is 21.1. The van der Waals surface area contributed by atoms with Crippen molar-refractivity contribution in [3.05, 3.63) is 34.3 Å². The van der Waals surface area contributed by atoms with Gasteiger partial charge in [-0.1, -0.05) is 0 Å². The lowest BCUT2D eigenvalue weighted by molar-refractivity contribution is 0.106. The number of aromatic nitrogens is 5. The molecule has 2 N–H and O–H groups in total. The van der Waals surface area contributed by atoms with Gasteiger partial charge in [0.25, 0.3) is 0 Å². The largest absolute Gasteiger partial charge is 0.378 e. The molecule has 1 aromatic carbocycles. The van der Waals surface area contributed by atoms with E-state index in [4.69, 9.17) is 4.74 Å². The highest BCUT2D eigenvalue weighted by Gasteiger charge is 2.19. The number of fused-ring (bicyclic) bond motifs is 1. The Labute approximate surface area is 180 Å². The van der Waals surface area contributed by atoms with E-state index in [2.05, 4.69) is 46.4 Å². The Morgan fingerprint density at radius 3 is 2.90 bits per heavy atom. The number of hydrogen-bond acceptors (Lipinski definition) is 7. The molecule has 1 unspecified atom stereocenters. The highest BCUT2D eigenvalue weighted by atomic mass is 79.9. The Morgan fingerprint density at radius 2 is 2.17 bits per heavy atom. The van der Waals surface area contributed by atoms with Crippen LogP contribution >= 0.6 is 15.9 Å². The number of aromatic amines is 1. The number of benzene rings is 1. The molecule has 1 aliphatic rings. The molecular weight excluding hydrogens is 460 g/mol. The van der Waals surface area contributed by atoms with Gasteiger partial charge in [-0.05, 0) is 41.3 Å². The van der Waals surface area contributed by atoms with Crippen molar-refractivity contribution >= 4 is 38.6 Å². The lowest BCUT2D eigenvalue weighted by Gasteiger charge is -2.21. The molecule has 1 fully saturated rings.